The fraction of sp³-hybridized carbons (Fsp3) is 0.393. The van der Waals surface area contributed by atoms with Crippen LogP contribution in [0.1, 0.15) is 48.2 Å². The van der Waals surface area contributed by atoms with Gasteiger partial charge in [-0.25, -0.2) is 10.4 Å². The van der Waals surface area contributed by atoms with Crippen molar-refractivity contribution in [3.8, 4) is 11.1 Å². The molecule has 3 aliphatic heterocycles. The van der Waals surface area contributed by atoms with Crippen LogP contribution in [-0.4, -0.2) is 50.5 Å². The molecule has 3 fully saturated rings. The molecule has 4 atom stereocenters. The summed E-state index contributed by atoms with van der Waals surface area (Å²) >= 11 is 0. The van der Waals surface area contributed by atoms with Gasteiger partial charge < -0.3 is 10.3 Å². The molecule has 184 valence electrons. The molecule has 3 aliphatic rings. The highest BCUT2D eigenvalue weighted by atomic mass is 15.4. The van der Waals surface area contributed by atoms with Crippen molar-refractivity contribution in [1.29, 1.82) is 0 Å². The minimum absolute atomic E-state index is 0.191. The quantitative estimate of drug-likeness (QED) is 0.347. The molecule has 8 heteroatoms. The average molecular weight is 481 g/mol. The lowest BCUT2D eigenvalue weighted by Crippen LogP contribution is -2.46. The Kier molecular flexibility index (Phi) is 5.74. The van der Waals surface area contributed by atoms with Crippen LogP contribution in [-0.2, 0) is 6.54 Å². The Hall–Kier alpha value is -3.17. The van der Waals surface area contributed by atoms with Crippen molar-refractivity contribution in [2.45, 2.75) is 43.9 Å². The third-order valence-corrected chi connectivity index (χ3v) is 8.14. The summed E-state index contributed by atoms with van der Waals surface area (Å²) in [4.78, 5) is 19.7. The van der Waals surface area contributed by atoms with E-state index >= 15 is 0 Å². The van der Waals surface area contributed by atoms with Crippen LogP contribution in [0.2, 0.25) is 0 Å². The Bertz CT molecular complexity index is 1350. The second kappa shape index (κ2) is 9.37. The first-order chi connectivity index (χ1) is 17.8. The molecule has 0 amide bonds. The molecule has 8 nitrogen and oxygen atoms in total. The smallest absolute Gasteiger partial charge is 0.138 e. The lowest BCUT2D eigenvalue weighted by Gasteiger charge is -2.34. The first kappa shape index (κ1) is 22.1. The number of rotatable bonds is 5. The van der Waals surface area contributed by atoms with Crippen molar-refractivity contribution in [2.75, 3.05) is 19.6 Å². The van der Waals surface area contributed by atoms with Crippen LogP contribution in [0.4, 0.5) is 0 Å². The Balaban J connectivity index is 1.14. The first-order valence-corrected chi connectivity index (χ1v) is 13.1. The van der Waals surface area contributed by atoms with Gasteiger partial charge in [-0.2, -0.15) is 0 Å². The molecule has 3 saturated heterocycles. The highest BCUT2D eigenvalue weighted by Gasteiger charge is 2.42. The Morgan fingerprint density at radius 1 is 0.972 bits per heavy atom. The van der Waals surface area contributed by atoms with Crippen molar-refractivity contribution >= 4 is 11.0 Å². The fourth-order valence-corrected chi connectivity index (χ4v) is 6.31. The summed E-state index contributed by atoms with van der Waals surface area (Å²) in [5.74, 6) is 0.452. The molecule has 0 aromatic carbocycles. The van der Waals surface area contributed by atoms with Gasteiger partial charge in [0.15, 0.2) is 0 Å². The zero-order valence-corrected chi connectivity index (χ0v) is 20.3. The molecule has 4 aromatic rings. The van der Waals surface area contributed by atoms with Gasteiger partial charge in [-0.3, -0.25) is 20.3 Å². The normalized spacial score (nSPS) is 26.4. The van der Waals surface area contributed by atoms with Gasteiger partial charge in [-0.15, -0.1) is 0 Å². The highest BCUT2D eigenvalue weighted by molar-refractivity contribution is 5.93. The molecular weight excluding hydrogens is 448 g/mol. The second-order valence-corrected chi connectivity index (χ2v) is 10.4. The monoisotopic (exact) mass is 480 g/mol. The van der Waals surface area contributed by atoms with Crippen molar-refractivity contribution in [2.24, 2.45) is 5.92 Å². The lowest BCUT2D eigenvalue weighted by atomic mass is 9.81. The summed E-state index contributed by atoms with van der Waals surface area (Å²) in [6, 6.07) is 11.6. The third kappa shape index (κ3) is 4.10. The maximum atomic E-state index is 4.63. The van der Waals surface area contributed by atoms with Gasteiger partial charge in [0.05, 0.1) is 6.04 Å². The van der Waals surface area contributed by atoms with Gasteiger partial charge in [0.2, 0.25) is 0 Å². The molecule has 4 aromatic heterocycles. The molecule has 0 aliphatic carbocycles. The van der Waals surface area contributed by atoms with Crippen LogP contribution in [0.3, 0.4) is 0 Å². The standard InChI is InChI=1S/C28H32N8/c1-2-9-36(8-1)17-18-10-20(15-30-13-18)24-12-23-26(16-32-24)34-35-27(23)25-11-22-21(5-7-31-28(22)33-25)19-4-3-6-29-14-19/h3-7,10-11,13-15,23-24,26-27,32,34-35H,1-2,8-9,12,16-17H2,(H,31,33). The van der Waals surface area contributed by atoms with Crippen LogP contribution < -0.4 is 16.2 Å². The van der Waals surface area contributed by atoms with Crippen molar-refractivity contribution in [3.05, 3.63) is 78.1 Å². The van der Waals surface area contributed by atoms with Crippen molar-refractivity contribution < 1.29 is 0 Å². The SMILES string of the molecule is c1cncc(-c2ccnc3[nH]c(C4NNC5CNC(c6cncc(CN7CCCC7)c6)CC54)cc23)c1. The maximum absolute atomic E-state index is 4.63. The fourth-order valence-electron chi connectivity index (χ4n) is 6.31. The number of nitrogens with one attached hydrogen (secondary N) is 4. The van der Waals surface area contributed by atoms with Crippen molar-refractivity contribution in [3.63, 3.8) is 0 Å². The van der Waals surface area contributed by atoms with E-state index in [1.807, 2.05) is 37.1 Å². The Morgan fingerprint density at radius 2 is 1.92 bits per heavy atom. The van der Waals surface area contributed by atoms with Gasteiger partial charge in [0, 0.05) is 78.7 Å². The van der Waals surface area contributed by atoms with E-state index < -0.39 is 0 Å². The summed E-state index contributed by atoms with van der Waals surface area (Å²) in [7, 11) is 0. The Labute approximate surface area is 210 Å². The summed E-state index contributed by atoms with van der Waals surface area (Å²) in [6.07, 6.45) is 13.3. The summed E-state index contributed by atoms with van der Waals surface area (Å²) < 4.78 is 0. The number of aromatic nitrogens is 4. The number of hydrogen-bond acceptors (Lipinski definition) is 7. The minimum Gasteiger partial charge on any atom is -0.342 e. The first-order valence-electron chi connectivity index (χ1n) is 13.1. The number of likely N-dealkylation sites (tertiary alicyclic amines) is 1. The van der Waals surface area contributed by atoms with Gasteiger partial charge in [0.25, 0.3) is 0 Å². The van der Waals surface area contributed by atoms with Crippen molar-refractivity contribution in [1.82, 2.24) is 41.0 Å². The van der Waals surface area contributed by atoms with Gasteiger partial charge in [-0.05, 0) is 73.3 Å². The topological polar surface area (TPSA) is 93.8 Å². The molecule has 4 N–H and O–H groups in total. The molecule has 0 bridgehead atoms. The number of H-pyrrole nitrogens is 1. The summed E-state index contributed by atoms with van der Waals surface area (Å²) in [5.41, 5.74) is 14.1. The number of aromatic amines is 1. The number of fused-ring (bicyclic) bond motifs is 2. The van der Waals surface area contributed by atoms with Gasteiger partial charge in [0.1, 0.15) is 5.65 Å². The lowest BCUT2D eigenvalue weighted by molar-refractivity contribution is 0.265. The maximum Gasteiger partial charge on any atom is 0.138 e. The molecule has 4 unspecified atom stereocenters. The van der Waals surface area contributed by atoms with E-state index in [2.05, 4.69) is 65.3 Å². The number of nitrogens with zero attached hydrogens (tertiary/aromatic N) is 4. The molecule has 7 rings (SSSR count). The zero-order chi connectivity index (χ0) is 23.9. The largest absolute Gasteiger partial charge is 0.342 e. The van der Waals surface area contributed by atoms with E-state index in [-0.39, 0.29) is 6.04 Å². The molecule has 0 saturated carbocycles. The summed E-state index contributed by atoms with van der Waals surface area (Å²) in [5, 5.41) is 4.91. The van der Waals surface area contributed by atoms with Gasteiger partial charge >= 0.3 is 0 Å². The number of hydrazine groups is 1. The molecular formula is C28H32N8. The van der Waals surface area contributed by atoms with Crippen LogP contribution in [0.25, 0.3) is 22.2 Å². The number of hydrogen-bond donors (Lipinski definition) is 4. The third-order valence-electron chi connectivity index (χ3n) is 8.14. The number of pyridine rings is 3. The predicted octanol–water partition coefficient (Wildman–Crippen LogP) is 3.48. The average Bonchev–Trinajstić information content (AvgIpc) is 3.68. The van der Waals surface area contributed by atoms with E-state index in [9.17, 15) is 0 Å². The van der Waals surface area contributed by atoms with Crippen LogP contribution in [0.5, 0.6) is 0 Å². The Morgan fingerprint density at radius 3 is 2.81 bits per heavy atom. The van der Waals surface area contributed by atoms with Gasteiger partial charge in [-0.1, -0.05) is 6.07 Å². The second-order valence-electron chi connectivity index (χ2n) is 10.4. The highest BCUT2D eigenvalue weighted by Crippen LogP contribution is 2.39. The van der Waals surface area contributed by atoms with E-state index in [1.54, 1.807) is 0 Å². The van der Waals surface area contributed by atoms with E-state index in [0.29, 0.717) is 18.0 Å². The molecule has 7 heterocycles. The number of piperidine rings is 1. The molecule has 0 radical (unpaired) electrons. The molecule has 0 spiro atoms. The van der Waals surface area contributed by atoms with E-state index in [0.717, 1.165) is 41.7 Å². The van der Waals surface area contributed by atoms with Crippen LogP contribution in [0.15, 0.2) is 61.3 Å². The minimum atomic E-state index is 0.191. The zero-order valence-electron chi connectivity index (χ0n) is 20.3. The summed E-state index contributed by atoms with van der Waals surface area (Å²) in [6.45, 7) is 4.34. The van der Waals surface area contributed by atoms with Crippen LogP contribution in [0, 0.1) is 5.92 Å². The van der Waals surface area contributed by atoms with E-state index in [1.165, 1.54) is 42.8 Å². The van der Waals surface area contributed by atoms with Crippen LogP contribution >= 0.6 is 0 Å². The predicted molar refractivity (Wildman–Crippen MR) is 140 cm³/mol. The molecule has 36 heavy (non-hydrogen) atoms. The van der Waals surface area contributed by atoms with E-state index in [4.69, 9.17) is 0 Å².